The van der Waals surface area contributed by atoms with Crippen molar-refractivity contribution in [1.82, 2.24) is 4.90 Å². The fourth-order valence-electron chi connectivity index (χ4n) is 2.85. The number of hydrogen-bond donors (Lipinski definition) is 2. The molecule has 5 heteroatoms. The lowest BCUT2D eigenvalue weighted by atomic mass is 10.0. The molecule has 1 aromatic carbocycles. The van der Waals surface area contributed by atoms with E-state index in [4.69, 9.17) is 5.73 Å². The Morgan fingerprint density at radius 2 is 2.24 bits per heavy atom. The largest absolute Gasteiger partial charge is 0.396 e. The molecule has 0 radical (unpaired) electrons. The zero-order chi connectivity index (χ0) is 15.5. The molecule has 0 aliphatic carbocycles. The number of likely N-dealkylation sites (tertiary alicyclic amines) is 1. The highest BCUT2D eigenvalue weighted by Gasteiger charge is 2.31. The second-order valence-electron chi connectivity index (χ2n) is 6.29. The standard InChI is InChI=1S/C16H24FN3O/c1-16(2)8-4-10-20(16)9-3-5-15(21)19-12-6-7-13(17)14(18)11-12/h6-7,11H,3-5,8-10,18H2,1-2H3,(H,19,21). The Balaban J connectivity index is 1.76. The van der Waals surface area contributed by atoms with Crippen LogP contribution in [0.5, 0.6) is 0 Å². The summed E-state index contributed by atoms with van der Waals surface area (Å²) in [4.78, 5) is 14.3. The van der Waals surface area contributed by atoms with Gasteiger partial charge in [-0.2, -0.15) is 0 Å². The first-order valence-corrected chi connectivity index (χ1v) is 7.48. The molecule has 1 aromatic rings. The molecule has 1 aliphatic rings. The van der Waals surface area contributed by atoms with Gasteiger partial charge in [-0.25, -0.2) is 4.39 Å². The molecule has 4 nitrogen and oxygen atoms in total. The molecular weight excluding hydrogens is 269 g/mol. The van der Waals surface area contributed by atoms with Crippen LogP contribution in [-0.4, -0.2) is 29.4 Å². The molecule has 1 amide bonds. The number of nitrogens with zero attached hydrogens (tertiary/aromatic N) is 1. The molecule has 116 valence electrons. The van der Waals surface area contributed by atoms with Crippen LogP contribution in [0.25, 0.3) is 0 Å². The molecule has 0 saturated carbocycles. The topological polar surface area (TPSA) is 58.4 Å². The lowest BCUT2D eigenvalue weighted by molar-refractivity contribution is -0.116. The van der Waals surface area contributed by atoms with Gasteiger partial charge in [0.05, 0.1) is 5.69 Å². The Kier molecular flexibility index (Phi) is 4.83. The van der Waals surface area contributed by atoms with Crippen LogP contribution in [0.15, 0.2) is 18.2 Å². The average molecular weight is 293 g/mol. The molecule has 0 atom stereocenters. The minimum absolute atomic E-state index is 0.0478. The monoisotopic (exact) mass is 293 g/mol. The van der Waals surface area contributed by atoms with E-state index in [0.29, 0.717) is 12.1 Å². The van der Waals surface area contributed by atoms with Gasteiger partial charge in [0.15, 0.2) is 0 Å². The van der Waals surface area contributed by atoms with Gasteiger partial charge in [-0.05, 0) is 64.4 Å². The van der Waals surface area contributed by atoms with Crippen molar-refractivity contribution in [1.29, 1.82) is 0 Å². The predicted octanol–water partition coefficient (Wildman–Crippen LogP) is 3.00. The van der Waals surface area contributed by atoms with Crippen molar-refractivity contribution in [3.8, 4) is 0 Å². The first kappa shape index (κ1) is 15.8. The first-order chi connectivity index (χ1) is 9.88. The number of nitrogen functional groups attached to an aromatic ring is 1. The molecule has 1 fully saturated rings. The Morgan fingerprint density at radius 1 is 1.48 bits per heavy atom. The van der Waals surface area contributed by atoms with Crippen LogP contribution >= 0.6 is 0 Å². The summed E-state index contributed by atoms with van der Waals surface area (Å²) in [6, 6.07) is 4.22. The summed E-state index contributed by atoms with van der Waals surface area (Å²) in [5, 5.41) is 2.75. The Morgan fingerprint density at radius 3 is 2.86 bits per heavy atom. The zero-order valence-electron chi connectivity index (χ0n) is 12.8. The number of amides is 1. The summed E-state index contributed by atoms with van der Waals surface area (Å²) in [7, 11) is 0. The Bertz CT molecular complexity index is 516. The molecular formula is C16H24FN3O. The zero-order valence-corrected chi connectivity index (χ0v) is 12.8. The van der Waals surface area contributed by atoms with Crippen molar-refractivity contribution in [3.05, 3.63) is 24.0 Å². The van der Waals surface area contributed by atoms with Crippen LogP contribution in [0.4, 0.5) is 15.8 Å². The van der Waals surface area contributed by atoms with Gasteiger partial charge in [0.2, 0.25) is 5.91 Å². The van der Waals surface area contributed by atoms with Gasteiger partial charge < -0.3 is 11.1 Å². The maximum absolute atomic E-state index is 13.0. The number of nitrogens with one attached hydrogen (secondary N) is 1. The normalized spacial score (nSPS) is 17.9. The van der Waals surface area contributed by atoms with Crippen molar-refractivity contribution in [2.45, 2.75) is 45.1 Å². The van der Waals surface area contributed by atoms with E-state index >= 15 is 0 Å². The highest BCUT2D eigenvalue weighted by molar-refractivity contribution is 5.91. The smallest absolute Gasteiger partial charge is 0.224 e. The summed E-state index contributed by atoms with van der Waals surface area (Å²) in [6.45, 7) is 6.55. The van der Waals surface area contributed by atoms with E-state index in [1.807, 2.05) is 0 Å². The van der Waals surface area contributed by atoms with Crippen molar-refractivity contribution in [2.24, 2.45) is 0 Å². The maximum atomic E-state index is 13.0. The number of carbonyl (C=O) groups is 1. The van der Waals surface area contributed by atoms with Crippen molar-refractivity contribution in [2.75, 3.05) is 24.1 Å². The molecule has 21 heavy (non-hydrogen) atoms. The third-order valence-corrected chi connectivity index (χ3v) is 4.18. The summed E-state index contributed by atoms with van der Waals surface area (Å²) in [6.07, 6.45) is 3.73. The Labute approximate surface area is 125 Å². The lowest BCUT2D eigenvalue weighted by Crippen LogP contribution is -2.38. The van der Waals surface area contributed by atoms with Gasteiger partial charge in [-0.15, -0.1) is 0 Å². The van der Waals surface area contributed by atoms with Gasteiger partial charge in [0.25, 0.3) is 0 Å². The number of halogens is 1. The quantitative estimate of drug-likeness (QED) is 0.821. The number of benzene rings is 1. The van der Waals surface area contributed by atoms with E-state index in [1.54, 1.807) is 0 Å². The fourth-order valence-corrected chi connectivity index (χ4v) is 2.85. The third-order valence-electron chi connectivity index (χ3n) is 4.18. The van der Waals surface area contributed by atoms with Gasteiger partial charge in [-0.1, -0.05) is 0 Å². The molecule has 0 aromatic heterocycles. The molecule has 0 unspecified atom stereocenters. The van der Waals surface area contributed by atoms with E-state index in [1.165, 1.54) is 31.0 Å². The number of nitrogens with two attached hydrogens (primary N) is 1. The van der Waals surface area contributed by atoms with Crippen molar-refractivity contribution >= 4 is 17.3 Å². The lowest BCUT2D eigenvalue weighted by Gasteiger charge is -2.31. The van der Waals surface area contributed by atoms with Crippen LogP contribution < -0.4 is 11.1 Å². The second-order valence-corrected chi connectivity index (χ2v) is 6.29. The van der Waals surface area contributed by atoms with E-state index in [9.17, 15) is 9.18 Å². The van der Waals surface area contributed by atoms with Crippen molar-refractivity contribution < 1.29 is 9.18 Å². The minimum atomic E-state index is -0.468. The van der Waals surface area contributed by atoms with Gasteiger partial charge in [-0.3, -0.25) is 9.69 Å². The molecule has 0 spiro atoms. The van der Waals surface area contributed by atoms with Crippen LogP contribution in [0, 0.1) is 5.82 Å². The van der Waals surface area contributed by atoms with Gasteiger partial charge in [0, 0.05) is 17.6 Å². The highest BCUT2D eigenvalue weighted by atomic mass is 19.1. The van der Waals surface area contributed by atoms with Gasteiger partial charge >= 0.3 is 0 Å². The minimum Gasteiger partial charge on any atom is -0.396 e. The maximum Gasteiger partial charge on any atom is 0.224 e. The average Bonchev–Trinajstić information content (AvgIpc) is 2.73. The summed E-state index contributed by atoms with van der Waals surface area (Å²) in [5.41, 5.74) is 6.32. The number of carbonyl (C=O) groups excluding carboxylic acids is 1. The fraction of sp³-hybridized carbons (Fsp3) is 0.562. The summed E-state index contributed by atoms with van der Waals surface area (Å²) >= 11 is 0. The van der Waals surface area contributed by atoms with Gasteiger partial charge in [0.1, 0.15) is 5.82 Å². The van der Waals surface area contributed by atoms with Crippen LogP contribution in [0.2, 0.25) is 0 Å². The third kappa shape index (κ3) is 4.17. The number of rotatable bonds is 5. The SMILES string of the molecule is CC1(C)CCCN1CCCC(=O)Nc1ccc(F)c(N)c1. The molecule has 1 aliphatic heterocycles. The van der Waals surface area contributed by atoms with E-state index in [-0.39, 0.29) is 17.1 Å². The Hall–Kier alpha value is -1.62. The predicted molar refractivity (Wildman–Crippen MR) is 83.6 cm³/mol. The molecule has 3 N–H and O–H groups in total. The number of hydrogen-bond acceptors (Lipinski definition) is 3. The van der Waals surface area contributed by atoms with E-state index < -0.39 is 5.82 Å². The first-order valence-electron chi connectivity index (χ1n) is 7.48. The van der Waals surface area contributed by atoms with Crippen molar-refractivity contribution in [3.63, 3.8) is 0 Å². The van der Waals surface area contributed by atoms with Crippen LogP contribution in [-0.2, 0) is 4.79 Å². The van der Waals surface area contributed by atoms with Crippen LogP contribution in [0.3, 0.4) is 0 Å². The number of anilines is 2. The second kappa shape index (κ2) is 6.43. The molecule has 1 heterocycles. The van der Waals surface area contributed by atoms with E-state index in [2.05, 4.69) is 24.1 Å². The van der Waals surface area contributed by atoms with E-state index in [0.717, 1.165) is 19.5 Å². The van der Waals surface area contributed by atoms with Crippen LogP contribution in [0.1, 0.15) is 39.5 Å². The summed E-state index contributed by atoms with van der Waals surface area (Å²) < 4.78 is 13.0. The molecule has 1 saturated heterocycles. The summed E-state index contributed by atoms with van der Waals surface area (Å²) in [5.74, 6) is -0.526. The highest BCUT2D eigenvalue weighted by Crippen LogP contribution is 2.28. The molecule has 2 rings (SSSR count). The molecule has 0 bridgehead atoms.